The van der Waals surface area contributed by atoms with Gasteiger partial charge < -0.3 is 10.1 Å². The van der Waals surface area contributed by atoms with Crippen LogP contribution in [0.3, 0.4) is 0 Å². The van der Waals surface area contributed by atoms with Crippen LogP contribution in [0.5, 0.6) is 0 Å². The summed E-state index contributed by atoms with van der Waals surface area (Å²) in [6.07, 6.45) is 2.02. The van der Waals surface area contributed by atoms with Crippen LogP contribution < -0.4 is 5.32 Å². The van der Waals surface area contributed by atoms with Crippen LogP contribution in [0.4, 0.5) is 4.79 Å². The van der Waals surface area contributed by atoms with E-state index < -0.39 is 24.5 Å². The summed E-state index contributed by atoms with van der Waals surface area (Å²) in [5.74, 6) is -0.659. The molecule has 102 valence electrons. The number of carbonyl (C=O) groups excluding carboxylic acids is 3. The topological polar surface area (TPSA) is 99.5 Å². The Kier molecular flexibility index (Phi) is 5.89. The average molecular weight is 283 g/mol. The van der Waals surface area contributed by atoms with E-state index in [-0.39, 0.29) is 12.3 Å². The van der Waals surface area contributed by atoms with Gasteiger partial charge >= 0.3 is 12.0 Å². The van der Waals surface area contributed by atoms with E-state index >= 15 is 0 Å². The zero-order valence-electron chi connectivity index (χ0n) is 10.3. The number of esters is 1. The number of allylic oxidation sites excluding steroid dienone is 1. The minimum Gasteiger partial charge on any atom is -0.465 e. The fourth-order valence-electron chi connectivity index (χ4n) is 1.40. The third-order valence-corrected chi connectivity index (χ3v) is 2.76. The molecule has 0 aliphatic carbocycles. The second kappa shape index (κ2) is 7.43. The van der Waals surface area contributed by atoms with Gasteiger partial charge in [-0.05, 0) is 25.1 Å². The lowest BCUT2D eigenvalue weighted by Gasteiger charge is -2.10. The number of rotatable bonds is 6. The predicted octanol–water partition coefficient (Wildman–Crippen LogP) is 0.590. The Bertz CT molecular complexity index is 455. The van der Waals surface area contributed by atoms with Crippen LogP contribution in [0.15, 0.2) is 11.8 Å². The largest absolute Gasteiger partial charge is 0.465 e. The van der Waals surface area contributed by atoms with Gasteiger partial charge in [0.15, 0.2) is 0 Å². The van der Waals surface area contributed by atoms with Gasteiger partial charge in [-0.15, -0.1) is 0 Å². The Hall–Kier alpha value is -2.01. The number of carbonyl (C=O) groups is 3. The lowest BCUT2D eigenvalue weighted by Crippen LogP contribution is -2.36. The summed E-state index contributed by atoms with van der Waals surface area (Å²) in [5.41, 5.74) is 0.132. The molecule has 1 saturated heterocycles. The number of nitriles is 1. The zero-order valence-corrected chi connectivity index (χ0v) is 11.2. The molecule has 0 aromatic carbocycles. The summed E-state index contributed by atoms with van der Waals surface area (Å²) in [7, 11) is 0. The van der Waals surface area contributed by atoms with Crippen molar-refractivity contribution in [3.63, 3.8) is 0 Å². The number of ether oxygens (including phenoxy) is 1. The van der Waals surface area contributed by atoms with Gasteiger partial charge in [0.25, 0.3) is 5.91 Å². The van der Waals surface area contributed by atoms with Gasteiger partial charge in [-0.3, -0.25) is 9.59 Å². The molecule has 1 N–H and O–H groups in total. The number of urea groups is 1. The average Bonchev–Trinajstić information content (AvgIpc) is 2.63. The van der Waals surface area contributed by atoms with Crippen molar-refractivity contribution in [2.75, 3.05) is 18.9 Å². The van der Waals surface area contributed by atoms with Crippen LogP contribution in [-0.4, -0.2) is 41.7 Å². The quantitative estimate of drug-likeness (QED) is 0.252. The first-order valence-electron chi connectivity index (χ1n) is 5.59. The predicted molar refractivity (Wildman–Crippen MR) is 67.6 cm³/mol. The van der Waals surface area contributed by atoms with Crippen molar-refractivity contribution in [3.8, 4) is 5.40 Å². The van der Waals surface area contributed by atoms with E-state index in [0.29, 0.717) is 12.2 Å². The molecule has 0 saturated carbocycles. The summed E-state index contributed by atoms with van der Waals surface area (Å²) in [5, 5.41) is 12.6. The maximum absolute atomic E-state index is 11.8. The Labute approximate surface area is 114 Å². The van der Waals surface area contributed by atoms with E-state index in [2.05, 4.69) is 10.1 Å². The third kappa shape index (κ3) is 4.30. The molecule has 0 radical (unpaired) electrons. The van der Waals surface area contributed by atoms with Crippen LogP contribution in [0, 0.1) is 10.7 Å². The van der Waals surface area contributed by atoms with Gasteiger partial charge in [-0.25, -0.2) is 9.69 Å². The van der Waals surface area contributed by atoms with E-state index in [4.69, 9.17) is 5.26 Å². The highest BCUT2D eigenvalue weighted by atomic mass is 32.2. The monoisotopic (exact) mass is 283 g/mol. The molecule has 1 fully saturated rings. The van der Waals surface area contributed by atoms with E-state index in [1.54, 1.807) is 6.92 Å². The summed E-state index contributed by atoms with van der Waals surface area (Å²) in [4.78, 5) is 35.4. The zero-order chi connectivity index (χ0) is 14.3. The molecule has 0 atom stereocenters. The number of thioether (sulfide) groups is 1. The molecule has 1 aliphatic rings. The number of hydrogen-bond acceptors (Lipinski definition) is 6. The molecule has 1 heterocycles. The molecule has 0 aromatic heterocycles. The molecule has 8 heteroatoms. The van der Waals surface area contributed by atoms with Crippen molar-refractivity contribution < 1.29 is 19.1 Å². The minimum absolute atomic E-state index is 0.132. The smallest absolute Gasteiger partial charge is 0.329 e. The number of amides is 3. The van der Waals surface area contributed by atoms with Crippen molar-refractivity contribution in [2.45, 2.75) is 13.3 Å². The van der Waals surface area contributed by atoms with Gasteiger partial charge in [0, 0.05) is 5.75 Å². The molecule has 7 nitrogen and oxygen atoms in total. The molecule has 3 amide bonds. The number of imide groups is 1. The van der Waals surface area contributed by atoms with Crippen molar-refractivity contribution >= 4 is 29.7 Å². The molecule has 1 rings (SSSR count). The lowest BCUT2D eigenvalue weighted by atomic mass is 10.3. The second-order valence-electron chi connectivity index (χ2n) is 3.47. The summed E-state index contributed by atoms with van der Waals surface area (Å²) >= 11 is 1.06. The standard InChI is InChI=1S/C11H13N3O4S/c1-2-18-9(15)6-14-10(16)8(13-11(14)17)4-3-5-19-7-12/h4H,2-3,5-6H2,1H3,(H,13,17)/b8-4-. The number of thiocyanates is 1. The van der Waals surface area contributed by atoms with Crippen LogP contribution in [0.1, 0.15) is 13.3 Å². The van der Waals surface area contributed by atoms with Gasteiger partial charge in [-0.2, -0.15) is 5.26 Å². The van der Waals surface area contributed by atoms with E-state index in [1.807, 2.05) is 5.40 Å². The minimum atomic E-state index is -0.641. The van der Waals surface area contributed by atoms with Crippen molar-refractivity contribution in [1.29, 1.82) is 5.26 Å². The molecule has 0 aromatic rings. The normalized spacial score (nSPS) is 16.4. The summed E-state index contributed by atoms with van der Waals surface area (Å²) < 4.78 is 4.68. The Morgan fingerprint density at radius 1 is 1.58 bits per heavy atom. The Morgan fingerprint density at radius 2 is 2.32 bits per heavy atom. The highest BCUT2D eigenvalue weighted by Crippen LogP contribution is 2.11. The van der Waals surface area contributed by atoms with Gasteiger partial charge in [0.05, 0.1) is 6.61 Å². The van der Waals surface area contributed by atoms with Crippen LogP contribution in [-0.2, 0) is 14.3 Å². The van der Waals surface area contributed by atoms with Crippen LogP contribution >= 0.6 is 11.8 Å². The van der Waals surface area contributed by atoms with Gasteiger partial charge in [-0.1, -0.05) is 6.08 Å². The van der Waals surface area contributed by atoms with Crippen LogP contribution in [0.25, 0.3) is 0 Å². The molecule has 19 heavy (non-hydrogen) atoms. The third-order valence-electron chi connectivity index (χ3n) is 2.19. The van der Waals surface area contributed by atoms with Crippen molar-refractivity contribution in [1.82, 2.24) is 10.2 Å². The Balaban J connectivity index is 2.58. The summed E-state index contributed by atoms with van der Waals surface area (Å²) in [6.45, 7) is 1.43. The van der Waals surface area contributed by atoms with E-state index in [0.717, 1.165) is 16.7 Å². The van der Waals surface area contributed by atoms with E-state index in [9.17, 15) is 14.4 Å². The molecule has 0 bridgehead atoms. The molecular formula is C11H13N3O4S. The highest BCUT2D eigenvalue weighted by Gasteiger charge is 2.34. The van der Waals surface area contributed by atoms with Crippen molar-refractivity contribution in [3.05, 3.63) is 11.8 Å². The highest BCUT2D eigenvalue weighted by molar-refractivity contribution is 8.03. The number of nitrogens with zero attached hydrogens (tertiary/aromatic N) is 2. The fourth-order valence-corrected chi connectivity index (χ4v) is 1.73. The first-order valence-corrected chi connectivity index (χ1v) is 6.58. The second-order valence-corrected chi connectivity index (χ2v) is 4.35. The van der Waals surface area contributed by atoms with Gasteiger partial charge in [0.1, 0.15) is 17.6 Å². The SMILES string of the molecule is CCOC(=O)CN1C(=O)N/C(=C\CCSC#N)C1=O. The molecule has 0 spiro atoms. The molecule has 1 aliphatic heterocycles. The maximum atomic E-state index is 11.8. The maximum Gasteiger partial charge on any atom is 0.329 e. The first kappa shape index (κ1) is 15.0. The molecule has 0 unspecified atom stereocenters. The number of nitrogens with one attached hydrogen (secondary N) is 1. The van der Waals surface area contributed by atoms with Crippen molar-refractivity contribution in [2.24, 2.45) is 0 Å². The number of hydrogen-bond donors (Lipinski definition) is 1. The Morgan fingerprint density at radius 3 is 2.95 bits per heavy atom. The van der Waals surface area contributed by atoms with Gasteiger partial charge in [0.2, 0.25) is 0 Å². The first-order chi connectivity index (χ1) is 9.10. The summed E-state index contributed by atoms with van der Waals surface area (Å²) in [6, 6.07) is -0.641. The fraction of sp³-hybridized carbons (Fsp3) is 0.455. The van der Waals surface area contributed by atoms with Crippen LogP contribution in [0.2, 0.25) is 0 Å². The lowest BCUT2D eigenvalue weighted by molar-refractivity contribution is -0.146. The van der Waals surface area contributed by atoms with E-state index in [1.165, 1.54) is 6.08 Å². The molecular weight excluding hydrogens is 270 g/mol.